The van der Waals surface area contributed by atoms with Crippen molar-refractivity contribution in [1.82, 2.24) is 0 Å². The molecule has 5 unspecified atom stereocenters. The average Bonchev–Trinajstić information content (AvgIpc) is 3.47. The Morgan fingerprint density at radius 1 is 0.850 bits per heavy atom. The first-order chi connectivity index (χ1) is 19.1. The molecular weight excluding hydrogens is 534 g/mol. The molecule has 14 heteroatoms. The zero-order valence-electron chi connectivity index (χ0n) is 23.2. The van der Waals surface area contributed by atoms with E-state index in [0.717, 1.165) is 0 Å². The Kier molecular flexibility index (Phi) is 14.7. The van der Waals surface area contributed by atoms with Crippen molar-refractivity contribution in [3.8, 4) is 0 Å². The van der Waals surface area contributed by atoms with Gasteiger partial charge in [0, 0.05) is 12.8 Å². The number of hydrogen-bond donors (Lipinski definition) is 6. The molecule has 40 heavy (non-hydrogen) atoms. The van der Waals surface area contributed by atoms with Gasteiger partial charge in [-0.15, -0.1) is 0 Å². The van der Waals surface area contributed by atoms with Gasteiger partial charge in [-0.25, -0.2) is 0 Å². The molecule has 0 amide bonds. The molecule has 2 aliphatic rings. The quantitative estimate of drug-likeness (QED) is 0.0331. The molecule has 14 nitrogen and oxygen atoms in total. The summed E-state index contributed by atoms with van der Waals surface area (Å²) in [5.41, 5.74) is -3.89. The molecule has 0 saturated carbocycles. The van der Waals surface area contributed by atoms with E-state index in [-0.39, 0.29) is 117 Å². The lowest BCUT2D eigenvalue weighted by Gasteiger charge is -2.39. The van der Waals surface area contributed by atoms with Crippen LogP contribution in [0.5, 0.6) is 0 Å². The van der Waals surface area contributed by atoms with Gasteiger partial charge in [-0.2, -0.15) is 0 Å². The molecule has 6 N–H and O–H groups in total. The number of aliphatic hydroxyl groups is 6. The van der Waals surface area contributed by atoms with Gasteiger partial charge in [0.15, 0.2) is 13.6 Å². The fourth-order valence-corrected chi connectivity index (χ4v) is 5.35. The summed E-state index contributed by atoms with van der Waals surface area (Å²) in [6.07, 6.45) is 0.987. The summed E-state index contributed by atoms with van der Waals surface area (Å²) in [6, 6.07) is 0. The predicted octanol–water partition coefficient (Wildman–Crippen LogP) is -2.16. The molecule has 2 rings (SSSR count). The first kappa shape index (κ1) is 34.8. The van der Waals surface area contributed by atoms with E-state index in [1.54, 1.807) is 0 Å². The Hall–Kier alpha value is -1.40. The van der Waals surface area contributed by atoms with Gasteiger partial charge in [-0.1, -0.05) is 13.2 Å². The summed E-state index contributed by atoms with van der Waals surface area (Å²) >= 11 is 0. The van der Waals surface area contributed by atoms with Crippen molar-refractivity contribution >= 4 is 0 Å². The van der Waals surface area contributed by atoms with Crippen LogP contribution in [0.3, 0.4) is 0 Å². The minimum atomic E-state index is -1.39. The van der Waals surface area contributed by atoms with Crippen LogP contribution >= 0.6 is 0 Å². The fourth-order valence-electron chi connectivity index (χ4n) is 5.35. The topological polar surface area (TPSA) is 186 Å². The van der Waals surface area contributed by atoms with Gasteiger partial charge in [-0.05, 0) is 0 Å². The van der Waals surface area contributed by atoms with Crippen molar-refractivity contribution in [2.75, 3.05) is 99.2 Å². The number of aliphatic hydroxyl groups excluding tert-OH is 4. The second-order valence-corrected chi connectivity index (χ2v) is 10.6. The molecule has 2 fully saturated rings. The second kappa shape index (κ2) is 16.9. The van der Waals surface area contributed by atoms with E-state index in [1.807, 2.05) is 0 Å². The summed E-state index contributed by atoms with van der Waals surface area (Å²) in [6.45, 7) is 6.63. The summed E-state index contributed by atoms with van der Waals surface area (Å²) in [5, 5.41) is 61.4. The third kappa shape index (κ3) is 10.5. The SMILES string of the molecule is C=COCOCC1(O)COC(C2(COCC(O)C[N+](CCO)(CCO)CCO)CC(O)(COCOC=C)CO2)C1. The lowest BCUT2D eigenvalue weighted by Crippen LogP contribution is -2.57. The number of nitrogens with zero attached hydrogens (tertiary/aromatic N) is 1. The zero-order chi connectivity index (χ0) is 29.5. The third-order valence-electron chi connectivity index (χ3n) is 7.22. The zero-order valence-corrected chi connectivity index (χ0v) is 23.2. The van der Waals surface area contributed by atoms with E-state index < -0.39 is 29.0 Å². The molecule has 0 bridgehead atoms. The van der Waals surface area contributed by atoms with Gasteiger partial charge in [0.1, 0.15) is 49.1 Å². The maximum absolute atomic E-state index is 11.2. The minimum absolute atomic E-state index is 0.0366. The first-order valence-corrected chi connectivity index (χ1v) is 13.4. The Balaban J connectivity index is 2.08. The lowest BCUT2D eigenvalue weighted by molar-refractivity contribution is -0.931. The van der Waals surface area contributed by atoms with Crippen molar-refractivity contribution in [2.45, 2.75) is 41.9 Å². The fraction of sp³-hybridized carbons (Fsp3) is 0.846. The number of ether oxygens (including phenoxy) is 7. The van der Waals surface area contributed by atoms with E-state index in [2.05, 4.69) is 13.2 Å². The van der Waals surface area contributed by atoms with Gasteiger partial charge in [0.25, 0.3) is 0 Å². The maximum atomic E-state index is 11.2. The smallest absolute Gasteiger partial charge is 0.188 e. The van der Waals surface area contributed by atoms with Crippen LogP contribution in [0.25, 0.3) is 0 Å². The Labute approximate surface area is 235 Å². The van der Waals surface area contributed by atoms with Crippen LogP contribution < -0.4 is 0 Å². The maximum Gasteiger partial charge on any atom is 0.188 e. The van der Waals surface area contributed by atoms with Crippen LogP contribution in [0.4, 0.5) is 0 Å². The molecule has 234 valence electrons. The van der Waals surface area contributed by atoms with Crippen LogP contribution in [-0.2, 0) is 33.2 Å². The van der Waals surface area contributed by atoms with Crippen molar-refractivity contribution < 1.29 is 68.3 Å². The first-order valence-electron chi connectivity index (χ1n) is 13.4. The Morgan fingerprint density at radius 3 is 1.98 bits per heavy atom. The van der Waals surface area contributed by atoms with Gasteiger partial charge in [0.05, 0.1) is 78.1 Å². The van der Waals surface area contributed by atoms with Crippen LogP contribution in [-0.4, -0.2) is 163 Å². The van der Waals surface area contributed by atoms with Gasteiger partial charge in [-0.3, -0.25) is 0 Å². The predicted molar refractivity (Wildman–Crippen MR) is 140 cm³/mol. The normalized spacial score (nSPS) is 29.4. The molecule has 0 aliphatic carbocycles. The minimum Gasteiger partial charge on any atom is -0.476 e. The second-order valence-electron chi connectivity index (χ2n) is 10.6. The standard InChI is InChI=1S/C26H48NO13/c1-3-34-20-37-15-24(32)11-23(39-17-24)26(14-25(33,18-40-26)16-38-21-35-4-2)19-36-13-22(31)12-27(5-8-28,6-9-29)7-10-30/h3-4,22-23,28-33H,1-2,5-21H2/q+1. The van der Waals surface area contributed by atoms with E-state index in [1.165, 1.54) is 12.5 Å². The van der Waals surface area contributed by atoms with Gasteiger partial charge < -0.3 is 68.3 Å². The number of hydrogen-bond acceptors (Lipinski definition) is 13. The highest BCUT2D eigenvalue weighted by atomic mass is 16.7. The highest BCUT2D eigenvalue weighted by Gasteiger charge is 2.58. The lowest BCUT2D eigenvalue weighted by atomic mass is 9.84. The average molecular weight is 583 g/mol. The third-order valence-corrected chi connectivity index (χ3v) is 7.22. The molecule has 0 aromatic carbocycles. The van der Waals surface area contributed by atoms with Gasteiger partial charge >= 0.3 is 0 Å². The highest BCUT2D eigenvalue weighted by molar-refractivity contribution is 5.07. The Bertz CT molecular complexity index is 728. The van der Waals surface area contributed by atoms with Crippen LogP contribution in [0.15, 0.2) is 25.7 Å². The molecule has 0 spiro atoms. The molecule has 2 aliphatic heterocycles. The van der Waals surface area contributed by atoms with E-state index in [4.69, 9.17) is 33.2 Å². The van der Waals surface area contributed by atoms with Crippen molar-refractivity contribution in [2.24, 2.45) is 0 Å². The van der Waals surface area contributed by atoms with Crippen LogP contribution in [0.1, 0.15) is 12.8 Å². The molecular formula is C26H48NO13+. The molecule has 5 atom stereocenters. The van der Waals surface area contributed by atoms with E-state index in [9.17, 15) is 30.6 Å². The number of rotatable bonds is 23. The van der Waals surface area contributed by atoms with E-state index >= 15 is 0 Å². The van der Waals surface area contributed by atoms with E-state index in [0.29, 0.717) is 0 Å². The largest absolute Gasteiger partial charge is 0.476 e. The van der Waals surface area contributed by atoms with Crippen molar-refractivity contribution in [1.29, 1.82) is 0 Å². The summed E-state index contributed by atoms with van der Waals surface area (Å²) < 4.78 is 38.8. The molecule has 2 saturated heterocycles. The monoisotopic (exact) mass is 582 g/mol. The summed E-state index contributed by atoms with van der Waals surface area (Å²) in [4.78, 5) is 0. The number of quaternary nitrogens is 1. The Morgan fingerprint density at radius 2 is 1.43 bits per heavy atom. The highest BCUT2D eigenvalue weighted by Crippen LogP contribution is 2.43. The molecule has 0 aromatic heterocycles. The van der Waals surface area contributed by atoms with Crippen molar-refractivity contribution in [3.63, 3.8) is 0 Å². The van der Waals surface area contributed by atoms with Crippen LogP contribution in [0.2, 0.25) is 0 Å². The summed E-state index contributed by atoms with van der Waals surface area (Å²) in [5.74, 6) is 0. The molecule has 2 heterocycles. The summed E-state index contributed by atoms with van der Waals surface area (Å²) in [7, 11) is 0. The molecule has 0 aromatic rings. The van der Waals surface area contributed by atoms with Crippen LogP contribution in [0, 0.1) is 0 Å². The van der Waals surface area contributed by atoms with Gasteiger partial charge in [0.2, 0.25) is 0 Å². The molecule has 0 radical (unpaired) electrons. The van der Waals surface area contributed by atoms with Crippen molar-refractivity contribution in [3.05, 3.63) is 25.7 Å².